The van der Waals surface area contributed by atoms with E-state index in [0.29, 0.717) is 22.8 Å². The molecule has 156 valence electrons. The molecule has 0 aliphatic carbocycles. The molecule has 2 aromatic carbocycles. The summed E-state index contributed by atoms with van der Waals surface area (Å²) in [4.78, 5) is 24.5. The Hall–Kier alpha value is -3.61. The summed E-state index contributed by atoms with van der Waals surface area (Å²) < 4.78 is 21.4. The van der Waals surface area contributed by atoms with Crippen molar-refractivity contribution in [2.75, 3.05) is 13.7 Å². The molecule has 0 fully saturated rings. The van der Waals surface area contributed by atoms with Crippen molar-refractivity contribution in [2.45, 2.75) is 27.4 Å². The number of Topliss-reactive ketones (excluding diaryl/α,β-unsaturated/α-hetero) is 1. The van der Waals surface area contributed by atoms with Gasteiger partial charge in [0.1, 0.15) is 12.4 Å². The summed E-state index contributed by atoms with van der Waals surface area (Å²) in [5, 5.41) is 3.89. The van der Waals surface area contributed by atoms with Gasteiger partial charge in [-0.1, -0.05) is 35.0 Å². The van der Waals surface area contributed by atoms with E-state index in [-0.39, 0.29) is 24.6 Å². The standard InChI is InChI=1S/C23H23NO6/c1-14-5-7-17(8-6-14)20(25)13-29-23(26)18-9-10-21(22(11-18)27-4)28-12-19-15(2)24-30-16(19)3/h5-11H,12-13H2,1-4H3. The van der Waals surface area contributed by atoms with E-state index in [2.05, 4.69) is 5.16 Å². The van der Waals surface area contributed by atoms with Crippen LogP contribution in [0.4, 0.5) is 0 Å². The molecular weight excluding hydrogens is 386 g/mol. The van der Waals surface area contributed by atoms with E-state index in [1.54, 1.807) is 24.3 Å². The summed E-state index contributed by atoms with van der Waals surface area (Å²) >= 11 is 0. The highest BCUT2D eigenvalue weighted by atomic mass is 16.5. The summed E-state index contributed by atoms with van der Waals surface area (Å²) in [6.07, 6.45) is 0. The van der Waals surface area contributed by atoms with Gasteiger partial charge < -0.3 is 18.7 Å². The molecule has 1 heterocycles. The number of aromatic nitrogens is 1. The van der Waals surface area contributed by atoms with Crippen LogP contribution >= 0.6 is 0 Å². The van der Waals surface area contributed by atoms with Gasteiger partial charge >= 0.3 is 5.97 Å². The van der Waals surface area contributed by atoms with Gasteiger partial charge in [-0.05, 0) is 39.0 Å². The molecule has 0 amide bonds. The zero-order valence-corrected chi connectivity index (χ0v) is 17.4. The Balaban J connectivity index is 1.63. The molecule has 0 saturated carbocycles. The Morgan fingerprint density at radius 1 is 0.967 bits per heavy atom. The minimum absolute atomic E-state index is 0.256. The van der Waals surface area contributed by atoms with Crippen LogP contribution in [0.3, 0.4) is 0 Å². The van der Waals surface area contributed by atoms with E-state index >= 15 is 0 Å². The van der Waals surface area contributed by atoms with Crippen LogP contribution in [-0.4, -0.2) is 30.6 Å². The molecule has 0 aliphatic heterocycles. The topological polar surface area (TPSA) is 87.9 Å². The monoisotopic (exact) mass is 409 g/mol. The van der Waals surface area contributed by atoms with Crippen LogP contribution in [0.1, 0.15) is 43.3 Å². The zero-order chi connectivity index (χ0) is 21.7. The number of methoxy groups -OCH3 is 1. The van der Waals surface area contributed by atoms with Crippen LogP contribution in [0.15, 0.2) is 47.0 Å². The lowest BCUT2D eigenvalue weighted by Crippen LogP contribution is -2.14. The van der Waals surface area contributed by atoms with E-state index in [1.807, 2.05) is 32.9 Å². The molecule has 7 heteroatoms. The fourth-order valence-corrected chi connectivity index (χ4v) is 2.81. The van der Waals surface area contributed by atoms with Crippen LogP contribution in [0.5, 0.6) is 11.5 Å². The number of aryl methyl sites for hydroxylation is 3. The lowest BCUT2D eigenvalue weighted by molar-refractivity contribution is 0.0474. The number of esters is 1. The highest BCUT2D eigenvalue weighted by molar-refractivity contribution is 5.99. The number of ketones is 1. The lowest BCUT2D eigenvalue weighted by Gasteiger charge is -2.12. The molecule has 0 unspecified atom stereocenters. The first-order valence-electron chi connectivity index (χ1n) is 9.38. The van der Waals surface area contributed by atoms with E-state index in [1.165, 1.54) is 13.2 Å². The number of rotatable bonds is 8. The number of carbonyl (C=O) groups excluding carboxylic acids is 2. The predicted octanol–water partition coefficient (Wildman–Crippen LogP) is 4.23. The fraction of sp³-hybridized carbons (Fsp3) is 0.261. The van der Waals surface area contributed by atoms with Crippen molar-refractivity contribution in [3.05, 3.63) is 76.2 Å². The van der Waals surface area contributed by atoms with Gasteiger partial charge in [0.2, 0.25) is 0 Å². The van der Waals surface area contributed by atoms with Crippen molar-refractivity contribution < 1.29 is 28.3 Å². The smallest absolute Gasteiger partial charge is 0.338 e. The number of nitrogens with zero attached hydrogens (tertiary/aromatic N) is 1. The second-order valence-corrected chi connectivity index (χ2v) is 6.82. The fourth-order valence-electron chi connectivity index (χ4n) is 2.81. The van der Waals surface area contributed by atoms with Crippen LogP contribution in [0, 0.1) is 20.8 Å². The molecule has 0 aliphatic rings. The summed E-state index contributed by atoms with van der Waals surface area (Å²) in [6, 6.07) is 11.8. The van der Waals surface area contributed by atoms with Crippen LogP contribution < -0.4 is 9.47 Å². The van der Waals surface area contributed by atoms with Gasteiger partial charge in [-0.25, -0.2) is 4.79 Å². The quantitative estimate of drug-likeness (QED) is 0.406. The van der Waals surface area contributed by atoms with Gasteiger partial charge in [0.25, 0.3) is 0 Å². The van der Waals surface area contributed by atoms with E-state index in [4.69, 9.17) is 18.7 Å². The Morgan fingerprint density at radius 3 is 2.30 bits per heavy atom. The summed E-state index contributed by atoms with van der Waals surface area (Å²) in [5.74, 6) is 0.636. The molecule has 1 aromatic heterocycles. The lowest BCUT2D eigenvalue weighted by atomic mass is 10.1. The maximum Gasteiger partial charge on any atom is 0.338 e. The van der Waals surface area contributed by atoms with Gasteiger partial charge in [-0.15, -0.1) is 0 Å². The van der Waals surface area contributed by atoms with Gasteiger partial charge in [-0.3, -0.25) is 4.79 Å². The first kappa shape index (κ1) is 21.1. The first-order valence-corrected chi connectivity index (χ1v) is 9.38. The third kappa shape index (κ3) is 4.86. The molecule has 30 heavy (non-hydrogen) atoms. The average Bonchev–Trinajstić information content (AvgIpc) is 3.07. The van der Waals surface area contributed by atoms with Crippen molar-refractivity contribution in [1.82, 2.24) is 5.16 Å². The number of ether oxygens (including phenoxy) is 3. The maximum atomic E-state index is 12.4. The molecular formula is C23H23NO6. The molecule has 3 rings (SSSR count). The van der Waals surface area contributed by atoms with Crippen molar-refractivity contribution in [1.29, 1.82) is 0 Å². The van der Waals surface area contributed by atoms with Crippen molar-refractivity contribution in [3.8, 4) is 11.5 Å². The van der Waals surface area contributed by atoms with Gasteiger partial charge in [0, 0.05) is 5.56 Å². The third-order valence-corrected chi connectivity index (χ3v) is 4.66. The molecule has 0 radical (unpaired) electrons. The summed E-state index contributed by atoms with van der Waals surface area (Å²) in [6.45, 7) is 5.50. The van der Waals surface area contributed by atoms with Gasteiger partial charge in [-0.2, -0.15) is 0 Å². The number of hydrogen-bond donors (Lipinski definition) is 0. The van der Waals surface area contributed by atoms with Crippen molar-refractivity contribution in [2.24, 2.45) is 0 Å². The Kier molecular flexibility index (Phi) is 6.51. The van der Waals surface area contributed by atoms with Gasteiger partial charge in [0.15, 0.2) is 23.9 Å². The van der Waals surface area contributed by atoms with Crippen LogP contribution in [-0.2, 0) is 11.3 Å². The SMILES string of the molecule is COc1cc(C(=O)OCC(=O)c2ccc(C)cc2)ccc1OCc1c(C)noc1C. The molecule has 0 atom stereocenters. The third-order valence-electron chi connectivity index (χ3n) is 4.66. The number of benzene rings is 2. The van der Waals surface area contributed by atoms with Crippen molar-refractivity contribution >= 4 is 11.8 Å². The molecule has 0 N–H and O–H groups in total. The highest BCUT2D eigenvalue weighted by Gasteiger charge is 2.16. The van der Waals surface area contributed by atoms with Gasteiger partial charge in [0.05, 0.1) is 23.9 Å². The molecule has 0 spiro atoms. The first-order chi connectivity index (χ1) is 14.4. The molecule has 3 aromatic rings. The Bertz CT molecular complexity index is 1030. The van der Waals surface area contributed by atoms with E-state index in [0.717, 1.165) is 16.8 Å². The molecule has 0 saturated heterocycles. The second kappa shape index (κ2) is 9.26. The molecule has 7 nitrogen and oxygen atoms in total. The summed E-state index contributed by atoms with van der Waals surface area (Å²) in [5.41, 5.74) is 3.41. The average molecular weight is 409 g/mol. The maximum absolute atomic E-state index is 12.4. The number of carbonyl (C=O) groups is 2. The van der Waals surface area contributed by atoms with Crippen LogP contribution in [0.25, 0.3) is 0 Å². The minimum atomic E-state index is -0.619. The largest absolute Gasteiger partial charge is 0.493 e. The van der Waals surface area contributed by atoms with Crippen LogP contribution in [0.2, 0.25) is 0 Å². The van der Waals surface area contributed by atoms with Crippen molar-refractivity contribution in [3.63, 3.8) is 0 Å². The minimum Gasteiger partial charge on any atom is -0.493 e. The predicted molar refractivity (Wildman–Crippen MR) is 109 cm³/mol. The number of hydrogen-bond acceptors (Lipinski definition) is 7. The summed E-state index contributed by atoms with van der Waals surface area (Å²) in [7, 11) is 1.48. The second-order valence-electron chi connectivity index (χ2n) is 6.82. The normalized spacial score (nSPS) is 10.5. The molecule has 0 bridgehead atoms. The highest BCUT2D eigenvalue weighted by Crippen LogP contribution is 2.29. The Labute approximate surface area is 174 Å². The van der Waals surface area contributed by atoms with E-state index in [9.17, 15) is 9.59 Å². The zero-order valence-electron chi connectivity index (χ0n) is 17.4. The Morgan fingerprint density at radius 2 is 1.67 bits per heavy atom. The van der Waals surface area contributed by atoms with E-state index < -0.39 is 5.97 Å².